The van der Waals surface area contributed by atoms with Crippen LogP contribution in [0.2, 0.25) is 0 Å². The minimum absolute atomic E-state index is 0.296. The van der Waals surface area contributed by atoms with Crippen LogP contribution in [0, 0.1) is 0 Å². The van der Waals surface area contributed by atoms with Crippen LogP contribution in [0.1, 0.15) is 22.0 Å². The van der Waals surface area contributed by atoms with E-state index in [4.69, 9.17) is 17.2 Å². The van der Waals surface area contributed by atoms with E-state index in [0.29, 0.717) is 17.7 Å². The first-order chi connectivity index (χ1) is 6.16. The van der Waals surface area contributed by atoms with Gasteiger partial charge in [-0.05, 0) is 11.6 Å². The largest absolute Gasteiger partial charge is 0.366 e. The van der Waals surface area contributed by atoms with Gasteiger partial charge >= 0.3 is 0 Å². The number of carbonyl (C=O) groups is 1. The molecule has 0 aliphatic carbocycles. The maximum absolute atomic E-state index is 11.0. The normalized spacial score (nSPS) is 12.5. The first-order valence-electron chi connectivity index (χ1n) is 4.01. The van der Waals surface area contributed by atoms with E-state index < -0.39 is 5.91 Å². The number of nitrogens with two attached hydrogens (primary N) is 3. The quantitative estimate of drug-likeness (QED) is 0.596. The van der Waals surface area contributed by atoms with E-state index in [2.05, 4.69) is 0 Å². The fourth-order valence-corrected chi connectivity index (χ4v) is 1.17. The third-order valence-corrected chi connectivity index (χ3v) is 1.88. The van der Waals surface area contributed by atoms with Gasteiger partial charge in [-0.3, -0.25) is 4.79 Å². The van der Waals surface area contributed by atoms with Crippen LogP contribution >= 0.6 is 0 Å². The van der Waals surface area contributed by atoms with Gasteiger partial charge in [-0.15, -0.1) is 0 Å². The number of carbonyl (C=O) groups excluding carboxylic acids is 1. The highest BCUT2D eigenvalue weighted by Crippen LogP contribution is 2.14. The Bertz CT molecular complexity index is 311. The summed E-state index contributed by atoms with van der Waals surface area (Å²) in [5.74, 6) is -0.473. The smallest absolute Gasteiger partial charge is 0.249 e. The van der Waals surface area contributed by atoms with Gasteiger partial charge in [-0.1, -0.05) is 18.2 Å². The Labute approximate surface area is 76.7 Å². The molecule has 13 heavy (non-hydrogen) atoms. The third-order valence-electron chi connectivity index (χ3n) is 1.88. The molecule has 0 radical (unpaired) electrons. The van der Waals surface area contributed by atoms with Gasteiger partial charge in [-0.2, -0.15) is 0 Å². The predicted octanol–water partition coefficient (Wildman–Crippen LogP) is -0.256. The molecule has 0 bridgehead atoms. The topological polar surface area (TPSA) is 95.1 Å². The summed E-state index contributed by atoms with van der Waals surface area (Å²) in [7, 11) is 0. The standard InChI is InChI=1S/C9H13N3O/c10-5-8(11)6-3-1-2-4-7(6)9(12)13/h1-4,8H,5,10-11H2,(H2,12,13)/t8-/m0/s1. The number of amides is 1. The van der Waals surface area contributed by atoms with Crippen molar-refractivity contribution in [2.75, 3.05) is 6.54 Å². The van der Waals surface area contributed by atoms with Crippen molar-refractivity contribution in [2.24, 2.45) is 17.2 Å². The Morgan fingerprint density at radius 3 is 2.54 bits per heavy atom. The lowest BCUT2D eigenvalue weighted by Gasteiger charge is -2.11. The molecule has 1 amide bonds. The van der Waals surface area contributed by atoms with Crippen LogP contribution in [0.15, 0.2) is 24.3 Å². The van der Waals surface area contributed by atoms with Crippen LogP contribution in [0.5, 0.6) is 0 Å². The summed E-state index contributed by atoms with van der Waals surface area (Å²) in [6.07, 6.45) is 0. The van der Waals surface area contributed by atoms with E-state index in [0.717, 1.165) is 0 Å². The van der Waals surface area contributed by atoms with Gasteiger partial charge in [-0.25, -0.2) is 0 Å². The van der Waals surface area contributed by atoms with Crippen molar-refractivity contribution in [3.8, 4) is 0 Å². The van der Waals surface area contributed by atoms with E-state index in [9.17, 15) is 4.79 Å². The highest BCUT2D eigenvalue weighted by atomic mass is 16.1. The molecular formula is C9H13N3O. The number of rotatable bonds is 3. The molecule has 0 aromatic heterocycles. The first kappa shape index (κ1) is 9.70. The molecule has 0 spiro atoms. The summed E-state index contributed by atoms with van der Waals surface area (Å²) in [5, 5.41) is 0. The Morgan fingerprint density at radius 1 is 1.38 bits per heavy atom. The molecule has 1 atom stereocenters. The molecule has 0 heterocycles. The van der Waals surface area contributed by atoms with Crippen LogP contribution in [-0.4, -0.2) is 12.5 Å². The van der Waals surface area contributed by atoms with Gasteiger partial charge in [0.05, 0.1) is 0 Å². The van der Waals surface area contributed by atoms with Gasteiger partial charge in [0.2, 0.25) is 5.91 Å². The zero-order valence-electron chi connectivity index (χ0n) is 7.23. The number of hydrogen-bond acceptors (Lipinski definition) is 3. The summed E-state index contributed by atoms with van der Waals surface area (Å²) < 4.78 is 0. The molecule has 1 rings (SSSR count). The minimum atomic E-state index is -0.473. The molecule has 0 aliphatic heterocycles. The molecule has 4 nitrogen and oxygen atoms in total. The Morgan fingerprint density at radius 2 is 2.00 bits per heavy atom. The number of primary amides is 1. The number of benzene rings is 1. The maximum atomic E-state index is 11.0. The van der Waals surface area contributed by atoms with Gasteiger partial charge in [0, 0.05) is 18.2 Å². The van der Waals surface area contributed by atoms with Crippen LogP contribution < -0.4 is 17.2 Å². The zero-order chi connectivity index (χ0) is 9.84. The molecule has 0 saturated heterocycles. The lowest BCUT2D eigenvalue weighted by Crippen LogP contribution is -2.24. The van der Waals surface area contributed by atoms with Gasteiger partial charge < -0.3 is 17.2 Å². The van der Waals surface area contributed by atoms with E-state index in [-0.39, 0.29) is 6.04 Å². The summed E-state index contributed by atoms with van der Waals surface area (Å²) >= 11 is 0. The van der Waals surface area contributed by atoms with Crippen molar-refractivity contribution in [2.45, 2.75) is 6.04 Å². The van der Waals surface area contributed by atoms with Crippen molar-refractivity contribution in [1.29, 1.82) is 0 Å². The van der Waals surface area contributed by atoms with E-state index >= 15 is 0 Å². The summed E-state index contributed by atoms with van der Waals surface area (Å²) in [6.45, 7) is 0.296. The van der Waals surface area contributed by atoms with Crippen molar-refractivity contribution in [3.05, 3.63) is 35.4 Å². The van der Waals surface area contributed by atoms with Gasteiger partial charge in [0.1, 0.15) is 0 Å². The Hall–Kier alpha value is -1.39. The molecule has 1 aromatic carbocycles. The van der Waals surface area contributed by atoms with Crippen LogP contribution in [0.25, 0.3) is 0 Å². The maximum Gasteiger partial charge on any atom is 0.249 e. The molecule has 0 unspecified atom stereocenters. The summed E-state index contributed by atoms with van der Waals surface area (Å²) in [6, 6.07) is 6.62. The molecule has 4 heteroatoms. The van der Waals surface area contributed by atoms with E-state index in [1.54, 1.807) is 24.3 Å². The van der Waals surface area contributed by atoms with Crippen molar-refractivity contribution in [1.82, 2.24) is 0 Å². The lowest BCUT2D eigenvalue weighted by atomic mass is 10.0. The SMILES string of the molecule is NC[C@H](N)c1ccccc1C(N)=O. The Kier molecular flexibility index (Phi) is 3.00. The summed E-state index contributed by atoms with van der Waals surface area (Å²) in [5.41, 5.74) is 17.4. The van der Waals surface area contributed by atoms with Crippen molar-refractivity contribution < 1.29 is 4.79 Å². The van der Waals surface area contributed by atoms with E-state index in [1.807, 2.05) is 0 Å². The van der Waals surface area contributed by atoms with Crippen LogP contribution in [0.3, 0.4) is 0 Å². The fraction of sp³-hybridized carbons (Fsp3) is 0.222. The minimum Gasteiger partial charge on any atom is -0.366 e. The van der Waals surface area contributed by atoms with E-state index in [1.165, 1.54) is 0 Å². The molecule has 6 N–H and O–H groups in total. The molecule has 70 valence electrons. The second kappa shape index (κ2) is 4.02. The third kappa shape index (κ3) is 2.05. The van der Waals surface area contributed by atoms with Crippen LogP contribution in [-0.2, 0) is 0 Å². The van der Waals surface area contributed by atoms with Crippen molar-refractivity contribution in [3.63, 3.8) is 0 Å². The second-order valence-corrected chi connectivity index (χ2v) is 2.79. The van der Waals surface area contributed by atoms with Crippen molar-refractivity contribution >= 4 is 5.91 Å². The van der Waals surface area contributed by atoms with Crippen LogP contribution in [0.4, 0.5) is 0 Å². The highest BCUT2D eigenvalue weighted by Gasteiger charge is 2.11. The molecule has 0 aliphatic rings. The molecule has 0 saturated carbocycles. The van der Waals surface area contributed by atoms with Gasteiger partial charge in [0.25, 0.3) is 0 Å². The zero-order valence-corrected chi connectivity index (χ0v) is 7.23. The average molecular weight is 179 g/mol. The monoisotopic (exact) mass is 179 g/mol. The molecule has 1 aromatic rings. The number of hydrogen-bond donors (Lipinski definition) is 3. The average Bonchev–Trinajstić information content (AvgIpc) is 2.16. The Balaban J connectivity index is 3.11. The molecule has 0 fully saturated rings. The predicted molar refractivity (Wildman–Crippen MR) is 50.9 cm³/mol. The molecular weight excluding hydrogens is 166 g/mol. The lowest BCUT2D eigenvalue weighted by molar-refractivity contribution is 0.0999. The summed E-state index contributed by atoms with van der Waals surface area (Å²) in [4.78, 5) is 11.0. The first-order valence-corrected chi connectivity index (χ1v) is 4.01. The second-order valence-electron chi connectivity index (χ2n) is 2.79. The fourth-order valence-electron chi connectivity index (χ4n) is 1.17. The van der Waals surface area contributed by atoms with Gasteiger partial charge in [0.15, 0.2) is 0 Å². The highest BCUT2D eigenvalue weighted by molar-refractivity contribution is 5.94.